The molecule has 3 aliphatic heterocycles. The smallest absolute Gasteiger partial charge is 0.144 e. The summed E-state index contributed by atoms with van der Waals surface area (Å²) in [5, 5.41) is 23.0. The van der Waals surface area contributed by atoms with Crippen molar-refractivity contribution in [3.05, 3.63) is 93.4 Å². The molecular weight excluding hydrogens is 562 g/mol. The fraction of sp³-hybridized carbons (Fsp3) is 0.323. The number of hydrogen-bond donors (Lipinski definition) is 3. The van der Waals surface area contributed by atoms with Crippen LogP contribution < -0.4 is 10.5 Å². The number of para-hydroxylation sites is 2. The van der Waals surface area contributed by atoms with E-state index in [1.54, 1.807) is 6.07 Å². The second-order valence-corrected chi connectivity index (χ2v) is 11.9. The number of nitrogens with zero attached hydrogens (tertiary/aromatic N) is 4. The number of fused-ring (bicyclic) bond motifs is 2. The lowest BCUT2D eigenvalue weighted by Gasteiger charge is -2.39. The molecule has 1 aromatic heterocycles. The standard InChI is InChI=1S/C31H31Cl2FN6O/c32-23-15-24(34)28(33)27-30(35-36-31(23)27)21-9-6-14-39(18-21)40-25-11-3-2-10-22(25)29(37-40)20-8-5-13-38(17-20)16-19-7-1-4-12-26(19)41/h1-4,7,9-12,15,20,29,37,41H,5-6,8,13-14,16-18H2,(H,35,36)/t20-,29?/m1/s1. The van der Waals surface area contributed by atoms with Crippen molar-refractivity contribution in [1.82, 2.24) is 25.5 Å². The molecule has 3 aromatic carbocycles. The van der Waals surface area contributed by atoms with Crippen LogP contribution in [0.25, 0.3) is 16.5 Å². The van der Waals surface area contributed by atoms with E-state index in [4.69, 9.17) is 23.2 Å². The number of anilines is 1. The minimum atomic E-state index is -0.554. The fourth-order valence-electron chi connectivity index (χ4n) is 6.60. The van der Waals surface area contributed by atoms with Gasteiger partial charge in [-0.1, -0.05) is 65.7 Å². The van der Waals surface area contributed by atoms with Gasteiger partial charge in [0.05, 0.1) is 32.9 Å². The van der Waals surface area contributed by atoms with Gasteiger partial charge >= 0.3 is 0 Å². The minimum Gasteiger partial charge on any atom is -0.508 e. The van der Waals surface area contributed by atoms with E-state index in [1.165, 1.54) is 11.6 Å². The topological polar surface area (TPSA) is 70.7 Å². The lowest BCUT2D eigenvalue weighted by Crippen LogP contribution is -2.52. The number of hydrogen-bond acceptors (Lipinski definition) is 6. The van der Waals surface area contributed by atoms with Gasteiger partial charge in [-0.15, -0.1) is 0 Å². The number of aromatic amines is 1. The second kappa shape index (κ2) is 10.9. The molecule has 212 valence electrons. The van der Waals surface area contributed by atoms with Crippen molar-refractivity contribution in [2.75, 3.05) is 31.3 Å². The van der Waals surface area contributed by atoms with Gasteiger partial charge < -0.3 is 5.11 Å². The predicted octanol–water partition coefficient (Wildman–Crippen LogP) is 6.70. The van der Waals surface area contributed by atoms with Crippen LogP contribution >= 0.6 is 23.2 Å². The molecule has 1 fully saturated rings. The van der Waals surface area contributed by atoms with E-state index in [9.17, 15) is 9.50 Å². The van der Waals surface area contributed by atoms with Gasteiger partial charge in [0.25, 0.3) is 0 Å². The van der Waals surface area contributed by atoms with Crippen molar-refractivity contribution >= 4 is 45.4 Å². The first-order chi connectivity index (χ1) is 20.0. The summed E-state index contributed by atoms with van der Waals surface area (Å²) in [5.74, 6) is 0.221. The summed E-state index contributed by atoms with van der Waals surface area (Å²) in [7, 11) is 0. The van der Waals surface area contributed by atoms with Crippen LogP contribution in [0, 0.1) is 11.7 Å². The molecular formula is C31H31Cl2FN6O. The molecule has 0 spiro atoms. The second-order valence-electron chi connectivity index (χ2n) is 11.1. The lowest BCUT2D eigenvalue weighted by molar-refractivity contribution is 0.131. The molecule has 41 heavy (non-hydrogen) atoms. The highest BCUT2D eigenvalue weighted by Gasteiger charge is 2.38. The number of benzene rings is 3. The molecule has 0 aliphatic carbocycles. The number of phenolic OH excluding ortho intramolecular Hbond substituents is 1. The Morgan fingerprint density at radius 1 is 1.07 bits per heavy atom. The zero-order valence-corrected chi connectivity index (χ0v) is 24.0. The highest BCUT2D eigenvalue weighted by atomic mass is 35.5. The van der Waals surface area contributed by atoms with Gasteiger partial charge in [0, 0.05) is 31.7 Å². The zero-order chi connectivity index (χ0) is 28.1. The summed E-state index contributed by atoms with van der Waals surface area (Å²) in [6, 6.07) is 17.6. The Morgan fingerprint density at radius 2 is 1.90 bits per heavy atom. The van der Waals surface area contributed by atoms with Gasteiger partial charge in [0.15, 0.2) is 0 Å². The van der Waals surface area contributed by atoms with Crippen molar-refractivity contribution < 1.29 is 9.50 Å². The van der Waals surface area contributed by atoms with Crippen molar-refractivity contribution in [3.8, 4) is 5.75 Å². The lowest BCUT2D eigenvalue weighted by atomic mass is 9.87. The third kappa shape index (κ3) is 4.87. The largest absolute Gasteiger partial charge is 0.508 e. The Bertz CT molecular complexity index is 1640. The van der Waals surface area contributed by atoms with E-state index < -0.39 is 5.82 Å². The van der Waals surface area contributed by atoms with Crippen LogP contribution in [0.3, 0.4) is 0 Å². The summed E-state index contributed by atoms with van der Waals surface area (Å²) < 4.78 is 14.5. The molecule has 3 aliphatic rings. The summed E-state index contributed by atoms with van der Waals surface area (Å²) >= 11 is 12.7. The number of halogens is 3. The molecule has 4 heterocycles. The van der Waals surface area contributed by atoms with Gasteiger partial charge in [-0.3, -0.25) is 10.00 Å². The van der Waals surface area contributed by atoms with E-state index in [2.05, 4.69) is 61.0 Å². The molecule has 0 saturated carbocycles. The van der Waals surface area contributed by atoms with Crippen LogP contribution in [0.2, 0.25) is 10.0 Å². The molecule has 7 rings (SSSR count). The third-order valence-corrected chi connectivity index (χ3v) is 9.23. The SMILES string of the molecule is Oc1ccccc1CN1CCC[C@@H](C2NN(N3CCC=C(c4[nH]nc5c(Cl)cc(F)c(Cl)c45)C3)c3ccccc32)C1. The molecule has 0 radical (unpaired) electrons. The Hall–Kier alpha value is -3.14. The molecule has 7 nitrogen and oxygen atoms in total. The molecule has 2 atom stereocenters. The van der Waals surface area contributed by atoms with E-state index in [-0.39, 0.29) is 16.1 Å². The van der Waals surface area contributed by atoms with Gasteiger partial charge in [-0.2, -0.15) is 5.10 Å². The minimum absolute atomic E-state index is 0.0292. The quantitative estimate of drug-likeness (QED) is 0.224. The molecule has 0 bridgehead atoms. The maximum atomic E-state index is 14.5. The number of rotatable bonds is 5. The van der Waals surface area contributed by atoms with Crippen LogP contribution in [-0.4, -0.2) is 51.4 Å². The fourth-order valence-corrected chi connectivity index (χ4v) is 7.07. The third-order valence-electron chi connectivity index (χ3n) is 8.57. The Kier molecular flexibility index (Phi) is 7.13. The molecule has 0 amide bonds. The number of H-pyrrole nitrogens is 1. The number of hydrazine groups is 2. The molecule has 1 saturated heterocycles. The first kappa shape index (κ1) is 26.7. The highest BCUT2D eigenvalue weighted by Crippen LogP contribution is 2.42. The van der Waals surface area contributed by atoms with Crippen molar-refractivity contribution in [1.29, 1.82) is 0 Å². The first-order valence-electron chi connectivity index (χ1n) is 14.1. The first-order valence-corrected chi connectivity index (χ1v) is 14.8. The maximum Gasteiger partial charge on any atom is 0.144 e. The summed E-state index contributed by atoms with van der Waals surface area (Å²) in [4.78, 5) is 2.45. The molecule has 3 N–H and O–H groups in total. The van der Waals surface area contributed by atoms with Crippen molar-refractivity contribution in [2.24, 2.45) is 5.92 Å². The van der Waals surface area contributed by atoms with Crippen LogP contribution in [0.1, 0.15) is 42.1 Å². The highest BCUT2D eigenvalue weighted by molar-refractivity contribution is 6.40. The van der Waals surface area contributed by atoms with E-state index in [0.29, 0.717) is 34.8 Å². The molecule has 4 aromatic rings. The van der Waals surface area contributed by atoms with E-state index in [1.807, 2.05) is 18.2 Å². The van der Waals surface area contributed by atoms with Gasteiger partial charge in [-0.25, -0.2) is 19.9 Å². The van der Waals surface area contributed by atoms with Crippen LogP contribution in [0.15, 0.2) is 60.7 Å². The number of nitrogens with one attached hydrogen (secondary N) is 2. The Labute approximate surface area is 248 Å². The van der Waals surface area contributed by atoms with Crippen molar-refractivity contribution in [2.45, 2.75) is 31.8 Å². The van der Waals surface area contributed by atoms with Crippen LogP contribution in [-0.2, 0) is 6.54 Å². The van der Waals surface area contributed by atoms with Gasteiger partial charge in [0.1, 0.15) is 17.1 Å². The summed E-state index contributed by atoms with van der Waals surface area (Å²) in [5.41, 5.74) is 9.43. The number of phenols is 1. The number of likely N-dealkylation sites (tertiary alicyclic amines) is 1. The van der Waals surface area contributed by atoms with Gasteiger partial charge in [-0.05, 0) is 61.1 Å². The average molecular weight is 594 g/mol. The average Bonchev–Trinajstić information content (AvgIpc) is 3.61. The zero-order valence-electron chi connectivity index (χ0n) is 22.5. The Balaban J connectivity index is 1.13. The monoisotopic (exact) mass is 592 g/mol. The predicted molar refractivity (Wildman–Crippen MR) is 161 cm³/mol. The number of aromatic nitrogens is 2. The maximum absolute atomic E-state index is 14.5. The Morgan fingerprint density at radius 3 is 2.78 bits per heavy atom. The molecule has 10 heteroatoms. The summed E-state index contributed by atoms with van der Waals surface area (Å²) in [6.45, 7) is 4.14. The number of aromatic hydroxyl groups is 1. The van der Waals surface area contributed by atoms with Crippen LogP contribution in [0.5, 0.6) is 5.75 Å². The number of piperidine rings is 1. The summed E-state index contributed by atoms with van der Waals surface area (Å²) in [6.07, 6.45) is 5.23. The van der Waals surface area contributed by atoms with E-state index in [0.717, 1.165) is 62.3 Å². The van der Waals surface area contributed by atoms with Crippen LogP contribution in [0.4, 0.5) is 10.1 Å². The normalized spacial score (nSPS) is 21.8. The van der Waals surface area contributed by atoms with Gasteiger partial charge in [0.2, 0.25) is 0 Å². The van der Waals surface area contributed by atoms with E-state index >= 15 is 0 Å². The van der Waals surface area contributed by atoms with Crippen molar-refractivity contribution in [3.63, 3.8) is 0 Å². The molecule has 1 unspecified atom stereocenters.